The van der Waals surface area contributed by atoms with Gasteiger partial charge in [0, 0.05) is 24.5 Å². The van der Waals surface area contributed by atoms with Crippen LogP contribution in [0.5, 0.6) is 0 Å². The molecule has 0 bridgehead atoms. The average molecular weight is 218 g/mol. The highest BCUT2D eigenvalue weighted by atomic mass is 15.1. The Balaban J connectivity index is 1.94. The molecule has 1 heterocycles. The van der Waals surface area contributed by atoms with Crippen LogP contribution in [-0.2, 0) is 0 Å². The van der Waals surface area contributed by atoms with Gasteiger partial charge in [-0.25, -0.2) is 0 Å². The fraction of sp³-hybridized carbons (Fsp3) is 0.571. The molecule has 0 unspecified atom stereocenters. The minimum atomic E-state index is 0.869. The van der Waals surface area contributed by atoms with Crippen LogP contribution in [0.1, 0.15) is 32.6 Å². The summed E-state index contributed by atoms with van der Waals surface area (Å²) in [6.45, 7) is 4.66. The van der Waals surface area contributed by atoms with Gasteiger partial charge in [-0.1, -0.05) is 25.8 Å². The van der Waals surface area contributed by atoms with Crippen molar-refractivity contribution in [2.24, 2.45) is 5.92 Å². The van der Waals surface area contributed by atoms with Crippen molar-refractivity contribution < 1.29 is 0 Å². The van der Waals surface area contributed by atoms with Gasteiger partial charge in [-0.15, -0.1) is 0 Å². The summed E-state index contributed by atoms with van der Waals surface area (Å²) in [6.07, 6.45) is 5.39. The first-order valence-electron chi connectivity index (χ1n) is 6.40. The van der Waals surface area contributed by atoms with Crippen LogP contribution in [-0.4, -0.2) is 13.1 Å². The molecule has 1 saturated heterocycles. The van der Waals surface area contributed by atoms with Crippen molar-refractivity contribution in [2.75, 3.05) is 23.7 Å². The highest BCUT2D eigenvalue weighted by Gasteiger charge is 2.18. The second-order valence-electron chi connectivity index (χ2n) is 4.81. The molecular formula is C14H22N2. The second kappa shape index (κ2) is 5.24. The summed E-state index contributed by atoms with van der Waals surface area (Å²) in [7, 11) is 0. The Labute approximate surface area is 98.4 Å². The van der Waals surface area contributed by atoms with E-state index in [0.29, 0.717) is 0 Å². The Morgan fingerprint density at radius 2 is 2.06 bits per heavy atom. The number of nitrogens with two attached hydrogens (primary N) is 1. The third kappa shape index (κ3) is 2.69. The Bertz CT molecular complexity index is 327. The van der Waals surface area contributed by atoms with Crippen molar-refractivity contribution in [1.82, 2.24) is 0 Å². The maximum atomic E-state index is 5.81. The Morgan fingerprint density at radius 3 is 2.69 bits per heavy atom. The summed E-state index contributed by atoms with van der Waals surface area (Å²) in [5, 5.41) is 0. The zero-order valence-electron chi connectivity index (χ0n) is 10.2. The second-order valence-corrected chi connectivity index (χ2v) is 4.81. The van der Waals surface area contributed by atoms with Crippen molar-refractivity contribution in [2.45, 2.75) is 32.6 Å². The van der Waals surface area contributed by atoms with E-state index in [1.807, 2.05) is 12.1 Å². The molecule has 1 fully saturated rings. The SMILES string of the molecule is CCCC1CCN(c2cccc(N)c2)CC1. The highest BCUT2D eigenvalue weighted by Crippen LogP contribution is 2.26. The van der Waals surface area contributed by atoms with E-state index in [1.54, 1.807) is 0 Å². The number of rotatable bonds is 3. The summed E-state index contributed by atoms with van der Waals surface area (Å²) in [5.74, 6) is 0.947. The van der Waals surface area contributed by atoms with Crippen molar-refractivity contribution in [1.29, 1.82) is 0 Å². The molecule has 1 aromatic carbocycles. The molecule has 0 saturated carbocycles. The summed E-state index contributed by atoms with van der Waals surface area (Å²) in [4.78, 5) is 2.46. The monoisotopic (exact) mass is 218 g/mol. The molecule has 88 valence electrons. The van der Waals surface area contributed by atoms with Crippen LogP contribution in [0, 0.1) is 5.92 Å². The molecule has 0 radical (unpaired) electrons. The normalized spacial score (nSPS) is 17.7. The first-order valence-corrected chi connectivity index (χ1v) is 6.40. The van der Waals surface area contributed by atoms with Crippen molar-refractivity contribution in [3.63, 3.8) is 0 Å². The van der Waals surface area contributed by atoms with Crippen LogP contribution in [0.2, 0.25) is 0 Å². The summed E-state index contributed by atoms with van der Waals surface area (Å²) in [6, 6.07) is 8.24. The van der Waals surface area contributed by atoms with E-state index in [9.17, 15) is 0 Å². The largest absolute Gasteiger partial charge is 0.399 e. The molecule has 2 N–H and O–H groups in total. The predicted octanol–water partition coefficient (Wildman–Crippen LogP) is 3.29. The minimum absolute atomic E-state index is 0.869. The van der Waals surface area contributed by atoms with Crippen molar-refractivity contribution in [3.8, 4) is 0 Å². The number of hydrogen-bond acceptors (Lipinski definition) is 2. The highest BCUT2D eigenvalue weighted by molar-refractivity contribution is 5.56. The fourth-order valence-corrected chi connectivity index (χ4v) is 2.61. The fourth-order valence-electron chi connectivity index (χ4n) is 2.61. The standard InChI is InChI=1S/C14H22N2/c1-2-4-12-7-9-16(10-8-12)14-6-3-5-13(15)11-14/h3,5-6,11-12H,2,4,7-10,15H2,1H3. The van der Waals surface area contributed by atoms with Crippen LogP contribution in [0.15, 0.2) is 24.3 Å². The van der Waals surface area contributed by atoms with E-state index < -0.39 is 0 Å². The van der Waals surface area contributed by atoms with Gasteiger partial charge in [0.25, 0.3) is 0 Å². The van der Waals surface area contributed by atoms with Crippen LogP contribution in [0.3, 0.4) is 0 Å². The van der Waals surface area contributed by atoms with Crippen molar-refractivity contribution in [3.05, 3.63) is 24.3 Å². The van der Waals surface area contributed by atoms with Gasteiger partial charge < -0.3 is 10.6 Å². The molecule has 16 heavy (non-hydrogen) atoms. The first-order chi connectivity index (χ1) is 7.79. The van der Waals surface area contributed by atoms with Gasteiger partial charge in [0.1, 0.15) is 0 Å². The molecule has 0 atom stereocenters. The molecule has 0 amide bonds. The van der Waals surface area contributed by atoms with Gasteiger partial charge in [-0.2, -0.15) is 0 Å². The summed E-state index contributed by atoms with van der Waals surface area (Å²) >= 11 is 0. The lowest BCUT2D eigenvalue weighted by molar-refractivity contribution is 0.378. The number of nitrogen functional groups attached to an aromatic ring is 1. The molecule has 2 heteroatoms. The van der Waals surface area contributed by atoms with Crippen LogP contribution in [0.4, 0.5) is 11.4 Å². The molecular weight excluding hydrogens is 196 g/mol. The minimum Gasteiger partial charge on any atom is -0.399 e. The van der Waals surface area contributed by atoms with Crippen molar-refractivity contribution >= 4 is 11.4 Å². The van der Waals surface area contributed by atoms with E-state index in [4.69, 9.17) is 5.73 Å². The number of piperidine rings is 1. The summed E-state index contributed by atoms with van der Waals surface area (Å²) in [5.41, 5.74) is 7.97. The zero-order chi connectivity index (χ0) is 11.4. The molecule has 1 aliphatic heterocycles. The van der Waals surface area contributed by atoms with Gasteiger partial charge >= 0.3 is 0 Å². The number of hydrogen-bond donors (Lipinski definition) is 1. The van der Waals surface area contributed by atoms with E-state index in [-0.39, 0.29) is 0 Å². The lowest BCUT2D eigenvalue weighted by Gasteiger charge is -2.33. The lowest BCUT2D eigenvalue weighted by Crippen LogP contribution is -2.33. The molecule has 1 aliphatic rings. The molecule has 0 aromatic heterocycles. The predicted molar refractivity (Wildman–Crippen MR) is 70.7 cm³/mol. The smallest absolute Gasteiger partial charge is 0.0386 e. The Hall–Kier alpha value is -1.18. The van der Waals surface area contributed by atoms with Gasteiger partial charge in [0.05, 0.1) is 0 Å². The van der Waals surface area contributed by atoms with E-state index in [0.717, 1.165) is 11.6 Å². The lowest BCUT2D eigenvalue weighted by atomic mass is 9.92. The molecule has 1 aromatic rings. The third-order valence-electron chi connectivity index (χ3n) is 3.55. The van der Waals surface area contributed by atoms with E-state index >= 15 is 0 Å². The first kappa shape index (κ1) is 11.3. The van der Waals surface area contributed by atoms with Gasteiger partial charge in [0.15, 0.2) is 0 Å². The van der Waals surface area contributed by atoms with Crippen LogP contribution < -0.4 is 10.6 Å². The Morgan fingerprint density at radius 1 is 1.31 bits per heavy atom. The van der Waals surface area contributed by atoms with Gasteiger partial charge in [0.2, 0.25) is 0 Å². The molecule has 2 rings (SSSR count). The molecule has 2 nitrogen and oxygen atoms in total. The zero-order valence-corrected chi connectivity index (χ0v) is 10.2. The van der Waals surface area contributed by atoms with Gasteiger partial charge in [-0.05, 0) is 37.0 Å². The van der Waals surface area contributed by atoms with Crippen LogP contribution >= 0.6 is 0 Å². The molecule has 0 aliphatic carbocycles. The Kier molecular flexibility index (Phi) is 3.70. The van der Waals surface area contributed by atoms with Gasteiger partial charge in [-0.3, -0.25) is 0 Å². The number of benzene rings is 1. The third-order valence-corrected chi connectivity index (χ3v) is 3.55. The van der Waals surface area contributed by atoms with Crippen LogP contribution in [0.25, 0.3) is 0 Å². The molecule has 0 spiro atoms. The topological polar surface area (TPSA) is 29.3 Å². The number of nitrogens with zero attached hydrogens (tertiary/aromatic N) is 1. The average Bonchev–Trinajstić information content (AvgIpc) is 2.30. The van der Waals surface area contributed by atoms with E-state index in [2.05, 4.69) is 24.0 Å². The maximum Gasteiger partial charge on any atom is 0.0386 e. The number of anilines is 2. The maximum absolute atomic E-state index is 5.81. The summed E-state index contributed by atoms with van der Waals surface area (Å²) < 4.78 is 0. The van der Waals surface area contributed by atoms with E-state index in [1.165, 1.54) is 44.5 Å². The quantitative estimate of drug-likeness (QED) is 0.789.